The van der Waals surface area contributed by atoms with Crippen molar-refractivity contribution in [3.8, 4) is 0 Å². The van der Waals surface area contributed by atoms with Crippen LogP contribution in [0.5, 0.6) is 0 Å². The molecular formula is C7H10O3S2. The molecule has 0 aliphatic carbocycles. The lowest BCUT2D eigenvalue weighted by Crippen LogP contribution is -2.34. The van der Waals surface area contributed by atoms with Gasteiger partial charge < -0.3 is 4.74 Å². The van der Waals surface area contributed by atoms with E-state index in [9.17, 15) is 9.59 Å². The van der Waals surface area contributed by atoms with Gasteiger partial charge in [-0.1, -0.05) is 0 Å². The zero-order valence-electron chi connectivity index (χ0n) is 6.90. The predicted octanol–water partition coefficient (Wildman–Crippen LogP) is 0.923. The van der Waals surface area contributed by atoms with Crippen LogP contribution < -0.4 is 0 Å². The van der Waals surface area contributed by atoms with Crippen molar-refractivity contribution in [1.29, 1.82) is 0 Å². The molecule has 0 unspecified atom stereocenters. The first-order valence-corrected chi connectivity index (χ1v) is 5.52. The highest BCUT2D eigenvalue weighted by Crippen LogP contribution is 2.33. The molecule has 0 bridgehead atoms. The third-order valence-electron chi connectivity index (χ3n) is 1.50. The molecule has 0 radical (unpaired) electrons. The van der Waals surface area contributed by atoms with Gasteiger partial charge in [0.2, 0.25) is 0 Å². The first-order chi connectivity index (χ1) is 5.65. The Morgan fingerprint density at radius 1 is 1.67 bits per heavy atom. The minimum atomic E-state index is -0.591. The van der Waals surface area contributed by atoms with Crippen LogP contribution in [0, 0.1) is 0 Å². The van der Waals surface area contributed by atoms with E-state index in [-0.39, 0.29) is 5.78 Å². The fourth-order valence-electron chi connectivity index (χ4n) is 0.876. The number of hydrogen-bond acceptors (Lipinski definition) is 5. The molecule has 1 aliphatic rings. The molecule has 0 N–H and O–H groups in total. The molecule has 1 heterocycles. The first-order valence-electron chi connectivity index (χ1n) is 3.52. The second-order valence-electron chi connectivity index (χ2n) is 2.38. The van der Waals surface area contributed by atoms with Crippen LogP contribution in [0.3, 0.4) is 0 Å². The molecular weight excluding hydrogens is 196 g/mol. The highest BCUT2D eigenvalue weighted by molar-refractivity contribution is 8.19. The molecule has 1 fully saturated rings. The van der Waals surface area contributed by atoms with Crippen molar-refractivity contribution in [3.05, 3.63) is 0 Å². The zero-order valence-corrected chi connectivity index (χ0v) is 8.54. The van der Waals surface area contributed by atoms with Crippen LogP contribution in [-0.4, -0.2) is 34.4 Å². The number of methoxy groups -OCH3 is 1. The van der Waals surface area contributed by atoms with Crippen molar-refractivity contribution in [1.82, 2.24) is 0 Å². The fraction of sp³-hybridized carbons (Fsp3) is 0.714. The summed E-state index contributed by atoms with van der Waals surface area (Å²) in [6.07, 6.45) is 0. The Hall–Kier alpha value is -0.160. The van der Waals surface area contributed by atoms with Gasteiger partial charge in [-0.25, -0.2) is 0 Å². The molecule has 3 nitrogen and oxygen atoms in total. The van der Waals surface area contributed by atoms with E-state index in [0.29, 0.717) is 10.3 Å². The Labute approximate surface area is 79.6 Å². The van der Waals surface area contributed by atoms with Gasteiger partial charge in [0.25, 0.3) is 0 Å². The monoisotopic (exact) mass is 206 g/mol. The number of ether oxygens (including phenoxy) is 1. The van der Waals surface area contributed by atoms with Gasteiger partial charge in [0.05, 0.1) is 12.9 Å². The second kappa shape index (κ2) is 4.18. The maximum Gasteiger partial charge on any atom is 0.326 e. The number of esters is 1. The van der Waals surface area contributed by atoms with E-state index < -0.39 is 11.2 Å². The van der Waals surface area contributed by atoms with Gasteiger partial charge >= 0.3 is 5.97 Å². The Morgan fingerprint density at radius 2 is 2.33 bits per heavy atom. The standard InChI is InChI=1S/C7H10O3S2/c1-4-11-3-5(8)6(12-4)7(9)10-2/h4,6H,3H2,1-2H3/t4-,6-/m1/s1. The number of carbonyl (C=O) groups is 2. The van der Waals surface area contributed by atoms with Gasteiger partial charge in [-0.3, -0.25) is 9.59 Å². The van der Waals surface area contributed by atoms with Crippen LogP contribution in [0.2, 0.25) is 0 Å². The second-order valence-corrected chi connectivity index (χ2v) is 5.46. The predicted molar refractivity (Wildman–Crippen MR) is 50.3 cm³/mol. The summed E-state index contributed by atoms with van der Waals surface area (Å²) < 4.78 is 4.82. The van der Waals surface area contributed by atoms with E-state index in [2.05, 4.69) is 4.74 Å². The van der Waals surface area contributed by atoms with Gasteiger partial charge in [-0.05, 0) is 6.92 Å². The number of thioether (sulfide) groups is 2. The molecule has 0 aromatic carbocycles. The Morgan fingerprint density at radius 3 is 2.92 bits per heavy atom. The highest BCUT2D eigenvalue weighted by atomic mass is 32.2. The lowest BCUT2D eigenvalue weighted by atomic mass is 10.3. The third kappa shape index (κ3) is 2.17. The van der Waals surface area contributed by atoms with Crippen molar-refractivity contribution in [2.24, 2.45) is 0 Å². The maximum atomic E-state index is 11.2. The van der Waals surface area contributed by atoms with Crippen LogP contribution in [0.4, 0.5) is 0 Å². The number of hydrogen-bond donors (Lipinski definition) is 0. The SMILES string of the molecule is COC(=O)[C@@H]1S[C@H](C)SCC1=O. The van der Waals surface area contributed by atoms with Crippen LogP contribution in [-0.2, 0) is 14.3 Å². The van der Waals surface area contributed by atoms with E-state index in [1.807, 2.05) is 6.92 Å². The average Bonchev–Trinajstić information content (AvgIpc) is 2.08. The van der Waals surface area contributed by atoms with Gasteiger partial charge in [-0.2, -0.15) is 0 Å². The quantitative estimate of drug-likeness (QED) is 0.471. The van der Waals surface area contributed by atoms with E-state index in [0.717, 1.165) is 0 Å². The Bertz CT molecular complexity index is 197. The highest BCUT2D eigenvalue weighted by Gasteiger charge is 2.33. The molecule has 0 aromatic rings. The summed E-state index contributed by atoms with van der Waals surface area (Å²) in [5.74, 6) is -0.0272. The lowest BCUT2D eigenvalue weighted by Gasteiger charge is -2.22. The topological polar surface area (TPSA) is 43.4 Å². The summed E-state index contributed by atoms with van der Waals surface area (Å²) in [7, 11) is 1.31. The van der Waals surface area contributed by atoms with Crippen molar-refractivity contribution in [2.45, 2.75) is 16.8 Å². The Kier molecular flexibility index (Phi) is 3.46. The molecule has 0 spiro atoms. The summed E-state index contributed by atoms with van der Waals surface area (Å²) in [6, 6.07) is 0. The summed E-state index contributed by atoms with van der Waals surface area (Å²) in [5, 5.41) is -0.591. The average molecular weight is 206 g/mol. The van der Waals surface area contributed by atoms with Crippen molar-refractivity contribution in [2.75, 3.05) is 12.9 Å². The maximum absolute atomic E-state index is 11.2. The van der Waals surface area contributed by atoms with Gasteiger partial charge in [0.15, 0.2) is 11.0 Å². The summed E-state index contributed by atoms with van der Waals surface area (Å²) in [5.41, 5.74) is 0. The summed E-state index contributed by atoms with van der Waals surface area (Å²) in [6.45, 7) is 1.98. The molecule has 1 rings (SSSR count). The van der Waals surface area contributed by atoms with E-state index in [4.69, 9.17) is 0 Å². The summed E-state index contributed by atoms with van der Waals surface area (Å²) in [4.78, 5) is 22.2. The van der Waals surface area contributed by atoms with Crippen molar-refractivity contribution < 1.29 is 14.3 Å². The van der Waals surface area contributed by atoms with E-state index in [1.165, 1.54) is 18.9 Å². The third-order valence-corrected chi connectivity index (χ3v) is 4.27. The molecule has 5 heteroatoms. The molecule has 68 valence electrons. The summed E-state index contributed by atoms with van der Waals surface area (Å²) >= 11 is 2.93. The smallest absolute Gasteiger partial charge is 0.326 e. The number of Topliss-reactive ketones (excluding diaryl/α,β-unsaturated/α-hetero) is 1. The molecule has 0 saturated carbocycles. The van der Waals surface area contributed by atoms with Crippen LogP contribution in [0.25, 0.3) is 0 Å². The fourth-order valence-corrected chi connectivity index (χ4v) is 3.22. The molecule has 1 saturated heterocycles. The molecule has 2 atom stereocenters. The molecule has 0 amide bonds. The zero-order chi connectivity index (χ0) is 9.14. The first kappa shape index (κ1) is 9.92. The molecule has 1 aliphatic heterocycles. The van der Waals surface area contributed by atoms with Gasteiger partial charge in [-0.15, -0.1) is 23.5 Å². The number of carbonyl (C=O) groups excluding carboxylic acids is 2. The largest absolute Gasteiger partial charge is 0.468 e. The van der Waals surface area contributed by atoms with Crippen molar-refractivity contribution >= 4 is 35.3 Å². The molecule has 12 heavy (non-hydrogen) atoms. The Balaban J connectivity index is 2.60. The lowest BCUT2D eigenvalue weighted by molar-refractivity contribution is -0.142. The minimum Gasteiger partial charge on any atom is -0.468 e. The van der Waals surface area contributed by atoms with Gasteiger partial charge in [0.1, 0.15) is 0 Å². The van der Waals surface area contributed by atoms with E-state index >= 15 is 0 Å². The van der Waals surface area contributed by atoms with E-state index in [1.54, 1.807) is 11.8 Å². The minimum absolute atomic E-state index is 0.0325. The van der Waals surface area contributed by atoms with Crippen molar-refractivity contribution in [3.63, 3.8) is 0 Å². The van der Waals surface area contributed by atoms with Crippen LogP contribution >= 0.6 is 23.5 Å². The number of ketones is 1. The normalized spacial score (nSPS) is 30.0. The van der Waals surface area contributed by atoms with Crippen LogP contribution in [0.15, 0.2) is 0 Å². The number of rotatable bonds is 1. The molecule has 0 aromatic heterocycles. The van der Waals surface area contributed by atoms with Gasteiger partial charge in [0, 0.05) is 4.58 Å². The van der Waals surface area contributed by atoms with Crippen LogP contribution in [0.1, 0.15) is 6.92 Å².